The summed E-state index contributed by atoms with van der Waals surface area (Å²) in [5.74, 6) is -0.204. The van der Waals surface area contributed by atoms with Crippen molar-refractivity contribution >= 4 is 27.3 Å². The number of thiophene rings is 1. The standard InChI is InChI=1S/C13H22N2O4S2/c1-10(2)11(6-7-16)14-12(17)9-15(3)21(18,19)13-5-4-8-20-13/h4-5,8,10-11,16H,6-7,9H2,1-3H3,(H,14,17). The van der Waals surface area contributed by atoms with E-state index < -0.39 is 10.0 Å². The summed E-state index contributed by atoms with van der Waals surface area (Å²) >= 11 is 1.12. The molecule has 0 radical (unpaired) electrons. The molecule has 21 heavy (non-hydrogen) atoms. The zero-order valence-corrected chi connectivity index (χ0v) is 14.1. The van der Waals surface area contributed by atoms with E-state index >= 15 is 0 Å². The van der Waals surface area contributed by atoms with Gasteiger partial charge in [0.25, 0.3) is 10.0 Å². The fourth-order valence-electron chi connectivity index (χ4n) is 1.81. The predicted molar refractivity (Wildman–Crippen MR) is 82.6 cm³/mol. The highest BCUT2D eigenvalue weighted by Crippen LogP contribution is 2.19. The SMILES string of the molecule is CC(C)C(CCO)NC(=O)CN(C)S(=O)(=O)c1cccs1. The number of likely N-dealkylation sites (N-methyl/N-ethyl adjacent to an activating group) is 1. The molecule has 0 aliphatic rings. The summed E-state index contributed by atoms with van der Waals surface area (Å²) < 4.78 is 25.6. The molecule has 0 fully saturated rings. The number of amides is 1. The average molecular weight is 334 g/mol. The van der Waals surface area contributed by atoms with Crippen LogP contribution in [-0.4, -0.2) is 50.0 Å². The van der Waals surface area contributed by atoms with E-state index in [0.29, 0.717) is 6.42 Å². The van der Waals surface area contributed by atoms with Gasteiger partial charge >= 0.3 is 0 Å². The molecule has 1 atom stereocenters. The number of hydrogen-bond acceptors (Lipinski definition) is 5. The maximum absolute atomic E-state index is 12.2. The summed E-state index contributed by atoms with van der Waals surface area (Å²) in [5, 5.41) is 13.4. The molecule has 1 aromatic rings. The van der Waals surface area contributed by atoms with Gasteiger partial charge in [0.1, 0.15) is 4.21 Å². The lowest BCUT2D eigenvalue weighted by Crippen LogP contribution is -2.44. The van der Waals surface area contributed by atoms with Gasteiger partial charge in [-0.3, -0.25) is 4.79 Å². The molecule has 1 rings (SSSR count). The third-order valence-electron chi connectivity index (χ3n) is 3.12. The number of aliphatic hydroxyl groups is 1. The molecule has 0 saturated heterocycles. The van der Waals surface area contributed by atoms with Crippen LogP contribution in [0.25, 0.3) is 0 Å². The Kier molecular flexibility index (Phi) is 6.79. The number of nitrogens with one attached hydrogen (secondary N) is 1. The molecular formula is C13H22N2O4S2. The highest BCUT2D eigenvalue weighted by atomic mass is 32.2. The first-order valence-electron chi connectivity index (χ1n) is 6.69. The van der Waals surface area contributed by atoms with Gasteiger partial charge in [-0.25, -0.2) is 8.42 Å². The molecule has 0 aromatic carbocycles. The van der Waals surface area contributed by atoms with E-state index in [1.807, 2.05) is 13.8 Å². The summed E-state index contributed by atoms with van der Waals surface area (Å²) in [5.41, 5.74) is 0. The maximum atomic E-state index is 12.2. The van der Waals surface area contributed by atoms with Gasteiger partial charge in [0, 0.05) is 19.7 Å². The van der Waals surface area contributed by atoms with Gasteiger partial charge in [-0.1, -0.05) is 19.9 Å². The summed E-state index contributed by atoms with van der Waals surface area (Å²) in [6.07, 6.45) is 0.449. The second-order valence-electron chi connectivity index (χ2n) is 5.12. The minimum atomic E-state index is -3.62. The third-order valence-corrected chi connectivity index (χ3v) is 6.29. The van der Waals surface area contributed by atoms with E-state index in [0.717, 1.165) is 15.6 Å². The highest BCUT2D eigenvalue weighted by molar-refractivity contribution is 7.91. The number of nitrogens with zero attached hydrogens (tertiary/aromatic N) is 1. The summed E-state index contributed by atoms with van der Waals surface area (Å²) in [4.78, 5) is 12.0. The molecule has 6 nitrogen and oxygen atoms in total. The number of aliphatic hydroxyl groups excluding tert-OH is 1. The number of carbonyl (C=O) groups is 1. The third kappa shape index (κ3) is 5.06. The number of carbonyl (C=O) groups excluding carboxylic acids is 1. The lowest BCUT2D eigenvalue weighted by atomic mass is 10.0. The van der Waals surface area contributed by atoms with Crippen molar-refractivity contribution < 1.29 is 18.3 Å². The largest absolute Gasteiger partial charge is 0.396 e. The molecule has 0 bridgehead atoms. The molecule has 2 N–H and O–H groups in total. The molecule has 8 heteroatoms. The Balaban J connectivity index is 2.66. The van der Waals surface area contributed by atoms with Crippen molar-refractivity contribution in [3.05, 3.63) is 17.5 Å². The van der Waals surface area contributed by atoms with Crippen molar-refractivity contribution in [2.45, 2.75) is 30.5 Å². The fraction of sp³-hybridized carbons (Fsp3) is 0.615. The van der Waals surface area contributed by atoms with Crippen LogP contribution >= 0.6 is 11.3 Å². The Morgan fingerprint density at radius 1 is 1.48 bits per heavy atom. The van der Waals surface area contributed by atoms with E-state index in [9.17, 15) is 13.2 Å². The van der Waals surface area contributed by atoms with Gasteiger partial charge in [0.2, 0.25) is 5.91 Å². The van der Waals surface area contributed by atoms with Gasteiger partial charge in [-0.05, 0) is 23.8 Å². The molecule has 120 valence electrons. The monoisotopic (exact) mass is 334 g/mol. The molecule has 0 aliphatic carbocycles. The predicted octanol–water partition coefficient (Wildman–Crippen LogP) is 0.892. The van der Waals surface area contributed by atoms with E-state index in [1.54, 1.807) is 11.4 Å². The number of rotatable bonds is 8. The topological polar surface area (TPSA) is 86.7 Å². The van der Waals surface area contributed by atoms with E-state index in [2.05, 4.69) is 5.32 Å². The first-order valence-corrected chi connectivity index (χ1v) is 9.01. The van der Waals surface area contributed by atoms with Crippen LogP contribution in [0, 0.1) is 5.92 Å². The van der Waals surface area contributed by atoms with Crippen molar-refractivity contribution in [2.75, 3.05) is 20.2 Å². The normalized spacial score (nSPS) is 13.6. The van der Waals surface area contributed by atoms with Crippen LogP contribution in [-0.2, 0) is 14.8 Å². The van der Waals surface area contributed by atoms with Crippen LogP contribution in [0.3, 0.4) is 0 Å². The first kappa shape index (κ1) is 18.1. The van der Waals surface area contributed by atoms with Gasteiger partial charge in [0.05, 0.1) is 6.54 Å². The zero-order valence-electron chi connectivity index (χ0n) is 12.4. The highest BCUT2D eigenvalue weighted by Gasteiger charge is 2.25. The second-order valence-corrected chi connectivity index (χ2v) is 8.34. The Morgan fingerprint density at radius 3 is 2.62 bits per heavy atom. The van der Waals surface area contributed by atoms with Crippen LogP contribution in [0.4, 0.5) is 0 Å². The van der Waals surface area contributed by atoms with Gasteiger partial charge in [-0.2, -0.15) is 4.31 Å². The first-order chi connectivity index (χ1) is 9.78. The average Bonchev–Trinajstić information content (AvgIpc) is 2.92. The Labute approximate surface area is 129 Å². The lowest BCUT2D eigenvalue weighted by Gasteiger charge is -2.23. The molecule has 0 spiro atoms. The smallest absolute Gasteiger partial charge is 0.252 e. The summed E-state index contributed by atoms with van der Waals surface area (Å²) in [6, 6.07) is 3.00. The Morgan fingerprint density at radius 2 is 2.14 bits per heavy atom. The van der Waals surface area contributed by atoms with Gasteiger partial charge in [0.15, 0.2) is 0 Å². The van der Waals surface area contributed by atoms with Crippen molar-refractivity contribution in [3.8, 4) is 0 Å². The van der Waals surface area contributed by atoms with E-state index in [4.69, 9.17) is 5.11 Å². The van der Waals surface area contributed by atoms with Crippen LogP contribution < -0.4 is 5.32 Å². The molecular weight excluding hydrogens is 312 g/mol. The number of sulfonamides is 1. The maximum Gasteiger partial charge on any atom is 0.252 e. The molecule has 1 amide bonds. The number of hydrogen-bond donors (Lipinski definition) is 2. The van der Waals surface area contributed by atoms with Crippen molar-refractivity contribution in [3.63, 3.8) is 0 Å². The van der Waals surface area contributed by atoms with Crippen LogP contribution in [0.1, 0.15) is 20.3 Å². The van der Waals surface area contributed by atoms with E-state index in [1.165, 1.54) is 13.1 Å². The molecule has 0 saturated carbocycles. The quantitative estimate of drug-likeness (QED) is 0.739. The van der Waals surface area contributed by atoms with Crippen LogP contribution in [0.2, 0.25) is 0 Å². The Bertz CT molecular complexity index is 541. The summed E-state index contributed by atoms with van der Waals surface area (Å²) in [6.45, 7) is 3.61. The molecule has 1 aromatic heterocycles. The molecule has 1 unspecified atom stereocenters. The minimum absolute atomic E-state index is 0.0214. The minimum Gasteiger partial charge on any atom is -0.396 e. The molecule has 1 heterocycles. The van der Waals surface area contributed by atoms with Crippen molar-refractivity contribution in [1.29, 1.82) is 0 Å². The summed E-state index contributed by atoms with van der Waals surface area (Å²) in [7, 11) is -2.24. The Hall–Kier alpha value is -0.960. The molecule has 0 aliphatic heterocycles. The second kappa shape index (κ2) is 7.88. The van der Waals surface area contributed by atoms with Gasteiger partial charge < -0.3 is 10.4 Å². The zero-order chi connectivity index (χ0) is 16.0. The van der Waals surface area contributed by atoms with Crippen molar-refractivity contribution in [2.24, 2.45) is 5.92 Å². The lowest BCUT2D eigenvalue weighted by molar-refractivity contribution is -0.122. The van der Waals surface area contributed by atoms with Crippen LogP contribution in [0.5, 0.6) is 0 Å². The van der Waals surface area contributed by atoms with Gasteiger partial charge in [-0.15, -0.1) is 11.3 Å². The van der Waals surface area contributed by atoms with Crippen LogP contribution in [0.15, 0.2) is 21.7 Å². The van der Waals surface area contributed by atoms with E-state index in [-0.39, 0.29) is 35.2 Å². The van der Waals surface area contributed by atoms with Crippen molar-refractivity contribution in [1.82, 2.24) is 9.62 Å². The fourth-order valence-corrected chi connectivity index (χ4v) is 4.14.